The van der Waals surface area contributed by atoms with Crippen molar-refractivity contribution in [3.05, 3.63) is 24.3 Å². The zero-order chi connectivity index (χ0) is 15.2. The lowest BCUT2D eigenvalue weighted by atomic mass is 9.82. The van der Waals surface area contributed by atoms with Gasteiger partial charge in [0.15, 0.2) is 0 Å². The summed E-state index contributed by atoms with van der Waals surface area (Å²) in [5, 5.41) is 2.97. The minimum Gasteiger partial charge on any atom is -0.484 e. The highest BCUT2D eigenvalue weighted by Crippen LogP contribution is 2.30. The summed E-state index contributed by atoms with van der Waals surface area (Å²) in [6, 6.07) is 7.36. The second-order valence-corrected chi connectivity index (χ2v) is 6.22. The quantitative estimate of drug-likeness (QED) is 0.820. The summed E-state index contributed by atoms with van der Waals surface area (Å²) in [4.78, 5) is 12.6. The largest absolute Gasteiger partial charge is 0.484 e. The van der Waals surface area contributed by atoms with Crippen molar-refractivity contribution in [1.29, 1.82) is 0 Å². The van der Waals surface area contributed by atoms with Crippen LogP contribution in [0.1, 0.15) is 32.6 Å². The van der Waals surface area contributed by atoms with Crippen LogP contribution in [0.3, 0.4) is 0 Å². The van der Waals surface area contributed by atoms with E-state index in [4.69, 9.17) is 22.7 Å². The third-order valence-corrected chi connectivity index (χ3v) is 4.02. The van der Waals surface area contributed by atoms with Crippen molar-refractivity contribution in [1.82, 2.24) is 0 Å². The van der Waals surface area contributed by atoms with Crippen molar-refractivity contribution < 1.29 is 9.53 Å². The molecule has 1 aromatic carbocycles. The lowest BCUT2D eigenvalue weighted by molar-refractivity contribution is -0.121. The fraction of sp³-hybridized carbons (Fsp3) is 0.500. The molecule has 0 unspecified atom stereocenters. The average molecular weight is 306 g/mol. The van der Waals surface area contributed by atoms with E-state index in [1.807, 2.05) is 18.2 Å². The molecule has 1 aliphatic rings. The molecule has 1 fully saturated rings. The molecule has 3 N–H and O–H groups in total. The first-order chi connectivity index (χ1) is 10.1. The molecule has 1 aromatic rings. The summed E-state index contributed by atoms with van der Waals surface area (Å²) in [6.45, 7) is 2.41. The molecule has 0 aliphatic heterocycles. The Kier molecular flexibility index (Phi) is 5.56. The smallest absolute Gasteiger partial charge is 0.227 e. The van der Waals surface area contributed by atoms with Crippen LogP contribution in [0.25, 0.3) is 0 Å². The Morgan fingerprint density at radius 1 is 1.33 bits per heavy atom. The number of hydrogen-bond acceptors (Lipinski definition) is 3. The maximum Gasteiger partial charge on any atom is 0.227 e. The number of para-hydroxylation sites is 2. The summed E-state index contributed by atoms with van der Waals surface area (Å²) in [5.41, 5.74) is 6.12. The number of rotatable bonds is 5. The molecule has 114 valence electrons. The lowest BCUT2D eigenvalue weighted by Crippen LogP contribution is -2.27. The van der Waals surface area contributed by atoms with E-state index in [0.717, 1.165) is 31.6 Å². The number of nitrogens with one attached hydrogen (secondary N) is 1. The third kappa shape index (κ3) is 4.70. The van der Waals surface area contributed by atoms with Crippen LogP contribution in [0.4, 0.5) is 5.69 Å². The minimum atomic E-state index is 0.0771. The number of amides is 1. The molecule has 0 radical (unpaired) electrons. The molecule has 0 saturated heterocycles. The van der Waals surface area contributed by atoms with E-state index in [2.05, 4.69) is 12.2 Å². The highest BCUT2D eigenvalue weighted by atomic mass is 32.1. The van der Waals surface area contributed by atoms with E-state index in [1.165, 1.54) is 0 Å². The molecular formula is C16H22N2O2S. The van der Waals surface area contributed by atoms with Crippen LogP contribution in [0.5, 0.6) is 5.75 Å². The summed E-state index contributed by atoms with van der Waals surface area (Å²) in [5.74, 6) is 1.51. The summed E-state index contributed by atoms with van der Waals surface area (Å²) in [7, 11) is 0. The van der Waals surface area contributed by atoms with Crippen molar-refractivity contribution in [3.63, 3.8) is 0 Å². The van der Waals surface area contributed by atoms with Crippen LogP contribution < -0.4 is 15.8 Å². The lowest BCUT2D eigenvalue weighted by Gasteiger charge is -2.25. The van der Waals surface area contributed by atoms with Crippen LogP contribution >= 0.6 is 12.2 Å². The van der Waals surface area contributed by atoms with Crippen LogP contribution in [0.15, 0.2) is 24.3 Å². The van der Waals surface area contributed by atoms with E-state index in [-0.39, 0.29) is 23.4 Å². The number of carbonyl (C=O) groups excluding carboxylic acids is 1. The number of ether oxygens (including phenoxy) is 1. The maximum atomic E-state index is 12.3. The van der Waals surface area contributed by atoms with Gasteiger partial charge < -0.3 is 15.8 Å². The van der Waals surface area contributed by atoms with Gasteiger partial charge in [0.1, 0.15) is 17.3 Å². The van der Waals surface area contributed by atoms with Crippen molar-refractivity contribution in [2.24, 2.45) is 17.6 Å². The molecule has 0 aromatic heterocycles. The molecule has 0 atom stereocenters. The van der Waals surface area contributed by atoms with E-state index in [0.29, 0.717) is 11.4 Å². The minimum absolute atomic E-state index is 0.0771. The van der Waals surface area contributed by atoms with Gasteiger partial charge in [0.2, 0.25) is 5.91 Å². The Balaban J connectivity index is 1.98. The molecule has 21 heavy (non-hydrogen) atoms. The average Bonchev–Trinajstić information content (AvgIpc) is 2.47. The van der Waals surface area contributed by atoms with Gasteiger partial charge in [0.05, 0.1) is 5.69 Å². The van der Waals surface area contributed by atoms with Gasteiger partial charge in [0.25, 0.3) is 0 Å². The third-order valence-electron chi connectivity index (χ3n) is 3.90. The van der Waals surface area contributed by atoms with Crippen LogP contribution in [0.2, 0.25) is 0 Å². The van der Waals surface area contributed by atoms with Crippen molar-refractivity contribution >= 4 is 28.8 Å². The van der Waals surface area contributed by atoms with Crippen molar-refractivity contribution in [2.45, 2.75) is 32.6 Å². The van der Waals surface area contributed by atoms with E-state index in [9.17, 15) is 4.79 Å². The number of thiocarbonyl (C=S) groups is 1. The van der Waals surface area contributed by atoms with Crippen molar-refractivity contribution in [2.75, 3.05) is 11.9 Å². The number of carbonyl (C=O) groups is 1. The van der Waals surface area contributed by atoms with Gasteiger partial charge >= 0.3 is 0 Å². The Morgan fingerprint density at radius 2 is 2.00 bits per heavy atom. The van der Waals surface area contributed by atoms with Gasteiger partial charge in [-0.2, -0.15) is 0 Å². The summed E-state index contributed by atoms with van der Waals surface area (Å²) >= 11 is 4.80. The zero-order valence-corrected chi connectivity index (χ0v) is 13.1. The molecule has 0 spiro atoms. The van der Waals surface area contributed by atoms with E-state index < -0.39 is 0 Å². The SMILES string of the molecule is CC1CCC(C(=O)Nc2ccccc2OCC(N)=S)CC1. The maximum absolute atomic E-state index is 12.3. The van der Waals surface area contributed by atoms with Crippen LogP contribution in [0, 0.1) is 11.8 Å². The Bertz CT molecular complexity index is 511. The number of hydrogen-bond donors (Lipinski definition) is 2. The molecule has 5 heteroatoms. The molecule has 1 aliphatic carbocycles. The van der Waals surface area contributed by atoms with Gasteiger partial charge in [0, 0.05) is 5.92 Å². The molecular weight excluding hydrogens is 284 g/mol. The highest BCUT2D eigenvalue weighted by molar-refractivity contribution is 7.80. The summed E-state index contributed by atoms with van der Waals surface area (Å²) in [6.07, 6.45) is 4.17. The predicted octanol–water partition coefficient (Wildman–Crippen LogP) is 3.12. The first-order valence-electron chi connectivity index (χ1n) is 7.37. The zero-order valence-electron chi connectivity index (χ0n) is 12.3. The molecule has 1 saturated carbocycles. The van der Waals surface area contributed by atoms with Crippen molar-refractivity contribution in [3.8, 4) is 5.75 Å². The molecule has 0 bridgehead atoms. The van der Waals surface area contributed by atoms with Gasteiger partial charge in [-0.25, -0.2) is 0 Å². The fourth-order valence-corrected chi connectivity index (χ4v) is 2.66. The van der Waals surface area contributed by atoms with Gasteiger partial charge in [-0.15, -0.1) is 0 Å². The Labute approximate surface area is 131 Å². The number of nitrogens with two attached hydrogens (primary N) is 1. The topological polar surface area (TPSA) is 64.3 Å². The van der Waals surface area contributed by atoms with Gasteiger partial charge in [-0.3, -0.25) is 4.79 Å². The number of anilines is 1. The monoisotopic (exact) mass is 306 g/mol. The summed E-state index contributed by atoms with van der Waals surface area (Å²) < 4.78 is 5.52. The van der Waals surface area contributed by atoms with Gasteiger partial charge in [-0.05, 0) is 43.7 Å². The van der Waals surface area contributed by atoms with Crippen LogP contribution in [-0.2, 0) is 4.79 Å². The molecule has 1 amide bonds. The Hall–Kier alpha value is -1.62. The fourth-order valence-electron chi connectivity index (χ4n) is 2.60. The normalized spacial score (nSPS) is 21.6. The second-order valence-electron chi connectivity index (χ2n) is 5.70. The Morgan fingerprint density at radius 3 is 2.67 bits per heavy atom. The molecule has 0 heterocycles. The predicted molar refractivity (Wildman–Crippen MR) is 88.5 cm³/mol. The molecule has 2 rings (SSSR count). The second kappa shape index (κ2) is 7.41. The van der Waals surface area contributed by atoms with E-state index >= 15 is 0 Å². The van der Waals surface area contributed by atoms with E-state index in [1.54, 1.807) is 6.07 Å². The van der Waals surface area contributed by atoms with Crippen LogP contribution in [-0.4, -0.2) is 17.5 Å². The standard InChI is InChI=1S/C16H22N2O2S/c1-11-6-8-12(9-7-11)16(19)18-13-4-2-3-5-14(13)20-10-15(17)21/h2-5,11-12H,6-10H2,1H3,(H2,17,21)(H,18,19). The first kappa shape index (κ1) is 15.8. The first-order valence-corrected chi connectivity index (χ1v) is 7.78. The molecule has 4 nitrogen and oxygen atoms in total. The number of benzene rings is 1. The highest BCUT2D eigenvalue weighted by Gasteiger charge is 2.24. The van der Waals surface area contributed by atoms with Gasteiger partial charge in [-0.1, -0.05) is 31.3 Å².